The minimum Gasteiger partial charge on any atom is -0.508 e. The zero-order valence-electron chi connectivity index (χ0n) is 18.1. The number of benzene rings is 2. The lowest BCUT2D eigenvalue weighted by Crippen LogP contribution is -2.38. The van der Waals surface area contributed by atoms with Gasteiger partial charge in [-0.1, -0.05) is 49.7 Å². The number of fused-ring (bicyclic) bond motifs is 1. The zero-order valence-corrected chi connectivity index (χ0v) is 18.9. The number of anilines is 2. The number of amides is 1. The molecule has 0 aliphatic rings. The molecule has 3 rings (SSSR count). The van der Waals surface area contributed by atoms with E-state index in [1.54, 1.807) is 12.1 Å². The number of carbonyl (C=O) groups is 1. The fourth-order valence-electron chi connectivity index (χ4n) is 2.90. The van der Waals surface area contributed by atoms with E-state index in [9.17, 15) is 9.90 Å². The molecular weight excluding hydrogens is 430 g/mol. The first-order chi connectivity index (χ1) is 15.3. The molecule has 9 nitrogen and oxygen atoms in total. The number of aryl methyl sites for hydroxylation is 1. The van der Waals surface area contributed by atoms with E-state index in [4.69, 9.17) is 28.8 Å². The Balaban J connectivity index is 0.00000176. The molecule has 3 aromatic rings. The van der Waals surface area contributed by atoms with Crippen LogP contribution in [-0.2, 0) is 6.42 Å². The van der Waals surface area contributed by atoms with Gasteiger partial charge < -0.3 is 22.3 Å². The summed E-state index contributed by atoms with van der Waals surface area (Å²) in [6, 6.07) is 11.5. The number of carbonyl (C=O) groups excluding carboxylic acids is 1. The number of nitrogen functional groups attached to an aromatic ring is 2. The molecule has 0 aliphatic heterocycles. The predicted molar refractivity (Wildman–Crippen MR) is 130 cm³/mol. The molecule has 1 amide bonds. The van der Waals surface area contributed by atoms with Crippen LogP contribution in [0.1, 0.15) is 42.7 Å². The normalized spacial score (nSPS) is 11.0. The van der Waals surface area contributed by atoms with Gasteiger partial charge in [-0.3, -0.25) is 15.1 Å². The van der Waals surface area contributed by atoms with Crippen LogP contribution < -0.4 is 22.5 Å². The maximum Gasteiger partial charge on any atom is 0.280 e. The zero-order chi connectivity index (χ0) is 23.7. The highest BCUT2D eigenvalue weighted by molar-refractivity contribution is 6.31. The summed E-state index contributed by atoms with van der Waals surface area (Å²) in [4.78, 5) is 23.9. The molecule has 10 heteroatoms. The van der Waals surface area contributed by atoms with Crippen molar-refractivity contribution in [3.8, 4) is 5.75 Å². The third kappa shape index (κ3) is 6.71. The lowest BCUT2D eigenvalue weighted by Gasteiger charge is -2.07. The number of aliphatic imine (C=N–C) groups is 1. The van der Waals surface area contributed by atoms with Crippen molar-refractivity contribution in [3.05, 3.63) is 52.8 Å². The Hall–Kier alpha value is -3.59. The Morgan fingerprint density at radius 3 is 2.50 bits per heavy atom. The second-order valence-electron chi connectivity index (χ2n) is 6.68. The van der Waals surface area contributed by atoms with Gasteiger partial charge in [0.15, 0.2) is 28.4 Å². The van der Waals surface area contributed by atoms with Crippen LogP contribution in [0.4, 0.5) is 11.6 Å². The largest absolute Gasteiger partial charge is 0.508 e. The summed E-state index contributed by atoms with van der Waals surface area (Å²) in [5.74, 6) is -0.651. The molecule has 2 aromatic carbocycles. The van der Waals surface area contributed by atoms with Crippen molar-refractivity contribution < 1.29 is 9.90 Å². The van der Waals surface area contributed by atoms with Crippen LogP contribution in [0.15, 0.2) is 41.4 Å². The molecule has 170 valence electrons. The van der Waals surface area contributed by atoms with Gasteiger partial charge in [0.25, 0.3) is 5.91 Å². The first-order valence-electron chi connectivity index (χ1n) is 10.2. The van der Waals surface area contributed by atoms with Gasteiger partial charge in [0.1, 0.15) is 5.75 Å². The molecule has 0 atom stereocenters. The minimum atomic E-state index is -0.662. The number of hydrogen-bond donors (Lipinski definition) is 5. The van der Waals surface area contributed by atoms with Crippen molar-refractivity contribution in [2.24, 2.45) is 10.7 Å². The number of aromatic hydroxyl groups is 1. The summed E-state index contributed by atoms with van der Waals surface area (Å²) in [5, 5.41) is 13.9. The van der Waals surface area contributed by atoms with E-state index in [-0.39, 0.29) is 34.2 Å². The Bertz CT molecular complexity index is 1120. The van der Waals surface area contributed by atoms with Gasteiger partial charge >= 0.3 is 0 Å². The number of aromatic nitrogens is 2. The molecule has 0 unspecified atom stereocenters. The van der Waals surface area contributed by atoms with E-state index in [0.717, 1.165) is 30.0 Å². The maximum atomic E-state index is 12.2. The number of phenols is 1. The van der Waals surface area contributed by atoms with Crippen LogP contribution in [0.25, 0.3) is 10.8 Å². The van der Waals surface area contributed by atoms with E-state index in [1.807, 2.05) is 32.0 Å². The molecular formula is C22H28ClN7O2. The fraction of sp³-hybridized carbons (Fsp3) is 0.273. The quantitative estimate of drug-likeness (QED) is 0.215. The summed E-state index contributed by atoms with van der Waals surface area (Å²) in [7, 11) is 0. The molecule has 0 radical (unpaired) electrons. The number of nitrogens with two attached hydrogens (primary N) is 3. The number of phenolic OH excluding ortho intramolecular Hbond substituents is 1. The van der Waals surface area contributed by atoms with Crippen molar-refractivity contribution in [1.82, 2.24) is 15.3 Å². The van der Waals surface area contributed by atoms with Crippen LogP contribution in [0.3, 0.4) is 0 Å². The van der Waals surface area contributed by atoms with Gasteiger partial charge in [0.2, 0.25) is 0 Å². The molecule has 0 spiro atoms. The number of guanidine groups is 1. The van der Waals surface area contributed by atoms with Gasteiger partial charge in [0.05, 0.1) is 0 Å². The standard InChI is InChI=1S/C20H22ClN7O2.C2H6/c21-16-18(23)27-17(22)15(26-16)19(30)28-20(24)25-8-2-1-3-11-4-5-13-10-14(29)7-6-12(13)9-11;1-2/h4-7,9-10,29H,1-3,8H2,(H4,22,23,27)(H3,24,25,28,30);1-2H3. The van der Waals surface area contributed by atoms with Crippen LogP contribution in [0.5, 0.6) is 5.75 Å². The van der Waals surface area contributed by atoms with E-state index in [1.165, 1.54) is 5.56 Å². The Morgan fingerprint density at radius 2 is 1.75 bits per heavy atom. The Morgan fingerprint density at radius 1 is 1.06 bits per heavy atom. The number of rotatable bonds is 6. The third-order valence-corrected chi connectivity index (χ3v) is 4.68. The van der Waals surface area contributed by atoms with Crippen LogP contribution in [0, 0.1) is 0 Å². The number of hydrogen-bond acceptors (Lipinski definition) is 7. The topological polar surface area (TPSA) is 166 Å². The van der Waals surface area contributed by atoms with Crippen molar-refractivity contribution in [3.63, 3.8) is 0 Å². The maximum absolute atomic E-state index is 12.2. The summed E-state index contributed by atoms with van der Waals surface area (Å²) in [6.45, 7) is 4.46. The first-order valence-corrected chi connectivity index (χ1v) is 10.6. The molecule has 0 saturated carbocycles. The number of nitrogens with zero attached hydrogens (tertiary/aromatic N) is 3. The lowest BCUT2D eigenvalue weighted by atomic mass is 10.0. The molecule has 1 heterocycles. The summed E-state index contributed by atoms with van der Waals surface area (Å²) < 4.78 is 0. The van der Waals surface area contributed by atoms with Gasteiger partial charge in [0, 0.05) is 6.54 Å². The van der Waals surface area contributed by atoms with E-state index < -0.39 is 5.91 Å². The molecule has 0 aliphatic carbocycles. The SMILES string of the molecule is CC.NC(=NCCCCc1ccc2cc(O)ccc2c1)NC(=O)c1nc(Cl)c(N)nc1N. The van der Waals surface area contributed by atoms with Crippen molar-refractivity contribution in [2.75, 3.05) is 18.0 Å². The monoisotopic (exact) mass is 457 g/mol. The average Bonchev–Trinajstić information content (AvgIpc) is 2.77. The second kappa shape index (κ2) is 11.7. The highest BCUT2D eigenvalue weighted by Gasteiger charge is 2.16. The molecule has 0 bridgehead atoms. The van der Waals surface area contributed by atoms with Gasteiger partial charge in [-0.2, -0.15) is 0 Å². The van der Waals surface area contributed by atoms with Crippen LogP contribution in [0.2, 0.25) is 5.15 Å². The smallest absolute Gasteiger partial charge is 0.280 e. The highest BCUT2D eigenvalue weighted by Crippen LogP contribution is 2.22. The average molecular weight is 458 g/mol. The van der Waals surface area contributed by atoms with Crippen molar-refractivity contribution in [2.45, 2.75) is 33.1 Å². The molecule has 0 saturated heterocycles. The Labute approximate surface area is 191 Å². The third-order valence-electron chi connectivity index (χ3n) is 4.41. The van der Waals surface area contributed by atoms with Crippen LogP contribution in [-0.4, -0.2) is 33.5 Å². The second-order valence-corrected chi connectivity index (χ2v) is 7.04. The van der Waals surface area contributed by atoms with Crippen molar-refractivity contribution >= 4 is 45.9 Å². The molecule has 8 N–H and O–H groups in total. The van der Waals surface area contributed by atoms with Gasteiger partial charge in [-0.05, 0) is 47.7 Å². The minimum absolute atomic E-state index is 0.0420. The predicted octanol–water partition coefficient (Wildman–Crippen LogP) is 3.25. The molecule has 0 fully saturated rings. The number of unbranched alkanes of at least 4 members (excludes halogenated alkanes) is 1. The molecule has 1 aromatic heterocycles. The van der Waals surface area contributed by atoms with E-state index in [2.05, 4.69) is 26.3 Å². The van der Waals surface area contributed by atoms with E-state index in [0.29, 0.717) is 6.54 Å². The van der Waals surface area contributed by atoms with Crippen molar-refractivity contribution in [1.29, 1.82) is 0 Å². The first kappa shape index (κ1) is 24.7. The Kier molecular flexibility index (Phi) is 9.03. The summed E-state index contributed by atoms with van der Waals surface area (Å²) in [6.07, 6.45) is 2.58. The summed E-state index contributed by atoms with van der Waals surface area (Å²) >= 11 is 5.77. The fourth-order valence-corrected chi connectivity index (χ4v) is 3.03. The van der Waals surface area contributed by atoms with E-state index >= 15 is 0 Å². The number of nitrogens with one attached hydrogen (secondary N) is 1. The highest BCUT2D eigenvalue weighted by atomic mass is 35.5. The summed E-state index contributed by atoms with van der Waals surface area (Å²) in [5.41, 5.74) is 17.9. The van der Waals surface area contributed by atoms with Gasteiger partial charge in [-0.25, -0.2) is 9.97 Å². The molecule has 32 heavy (non-hydrogen) atoms. The van der Waals surface area contributed by atoms with Crippen LogP contribution >= 0.6 is 11.6 Å². The lowest BCUT2D eigenvalue weighted by molar-refractivity contribution is 0.0972. The number of halogens is 1. The van der Waals surface area contributed by atoms with Gasteiger partial charge in [-0.15, -0.1) is 0 Å².